The average Bonchev–Trinajstić information content (AvgIpc) is 2.72. The van der Waals surface area contributed by atoms with Crippen molar-refractivity contribution in [1.29, 1.82) is 0 Å². The third kappa shape index (κ3) is 4.85. The molecule has 1 aliphatic rings. The zero-order valence-corrected chi connectivity index (χ0v) is 12.7. The molecule has 0 unspecified atom stereocenters. The van der Waals surface area contributed by atoms with E-state index in [4.69, 9.17) is 5.73 Å². The Labute approximate surface area is 121 Å². The third-order valence-corrected chi connectivity index (χ3v) is 4.03. The maximum absolute atomic E-state index is 5.53. The molecule has 114 valence electrons. The van der Waals surface area contributed by atoms with E-state index in [-0.39, 0.29) is 0 Å². The van der Waals surface area contributed by atoms with Crippen molar-refractivity contribution in [3.05, 3.63) is 12.2 Å². The molecule has 1 aromatic rings. The predicted molar refractivity (Wildman–Crippen MR) is 80.2 cm³/mol. The summed E-state index contributed by atoms with van der Waals surface area (Å²) in [5.41, 5.74) is 5.53. The molecule has 1 saturated heterocycles. The molecule has 0 atom stereocenters. The summed E-state index contributed by atoms with van der Waals surface area (Å²) >= 11 is 0. The molecule has 6 heteroatoms. The number of rotatable bonds is 7. The largest absolute Gasteiger partial charge is 0.330 e. The van der Waals surface area contributed by atoms with Gasteiger partial charge < -0.3 is 10.6 Å². The van der Waals surface area contributed by atoms with Gasteiger partial charge in [0.05, 0.1) is 6.54 Å². The molecule has 2 heterocycles. The number of aromatic nitrogens is 3. The minimum absolute atomic E-state index is 0.825. The van der Waals surface area contributed by atoms with Gasteiger partial charge in [0.1, 0.15) is 12.2 Å². The lowest BCUT2D eigenvalue weighted by Crippen LogP contribution is -2.31. The van der Waals surface area contributed by atoms with Crippen LogP contribution in [0.4, 0.5) is 0 Å². The van der Waals surface area contributed by atoms with E-state index < -0.39 is 0 Å². The van der Waals surface area contributed by atoms with E-state index >= 15 is 0 Å². The van der Waals surface area contributed by atoms with Gasteiger partial charge in [-0.3, -0.25) is 9.58 Å². The number of hydrogen-bond donors (Lipinski definition) is 1. The van der Waals surface area contributed by atoms with Gasteiger partial charge in [0.15, 0.2) is 0 Å². The highest BCUT2D eigenvalue weighted by atomic mass is 15.3. The van der Waals surface area contributed by atoms with Crippen LogP contribution in [0.5, 0.6) is 0 Å². The molecule has 0 aromatic carbocycles. The van der Waals surface area contributed by atoms with Crippen molar-refractivity contribution in [2.45, 2.75) is 32.2 Å². The first-order chi connectivity index (χ1) is 9.79. The maximum Gasteiger partial charge on any atom is 0.140 e. The Balaban J connectivity index is 1.70. The summed E-state index contributed by atoms with van der Waals surface area (Å²) in [6.07, 6.45) is 6.58. The zero-order chi connectivity index (χ0) is 14.2. The molecular formula is C14H28N6. The maximum atomic E-state index is 5.53. The van der Waals surface area contributed by atoms with Crippen molar-refractivity contribution in [2.24, 2.45) is 12.8 Å². The first-order valence-corrected chi connectivity index (χ1v) is 7.77. The Morgan fingerprint density at radius 1 is 1.10 bits per heavy atom. The second-order valence-corrected chi connectivity index (χ2v) is 5.62. The number of aryl methyl sites for hydroxylation is 1. The van der Waals surface area contributed by atoms with Gasteiger partial charge in [-0.2, -0.15) is 5.10 Å². The van der Waals surface area contributed by atoms with Crippen LogP contribution in [0.2, 0.25) is 0 Å². The average molecular weight is 280 g/mol. The minimum Gasteiger partial charge on any atom is -0.330 e. The van der Waals surface area contributed by atoms with Crippen molar-refractivity contribution < 1.29 is 0 Å². The van der Waals surface area contributed by atoms with Crippen LogP contribution in [-0.4, -0.2) is 63.8 Å². The van der Waals surface area contributed by atoms with E-state index in [9.17, 15) is 0 Å². The van der Waals surface area contributed by atoms with E-state index in [2.05, 4.69) is 19.9 Å². The fourth-order valence-corrected chi connectivity index (χ4v) is 2.73. The van der Waals surface area contributed by atoms with Crippen molar-refractivity contribution in [3.63, 3.8) is 0 Å². The van der Waals surface area contributed by atoms with Gasteiger partial charge in [0.2, 0.25) is 0 Å². The Bertz CT molecular complexity index is 377. The Hall–Kier alpha value is -0.980. The smallest absolute Gasteiger partial charge is 0.140 e. The molecule has 0 spiro atoms. The molecule has 1 aromatic heterocycles. The van der Waals surface area contributed by atoms with Crippen LogP contribution < -0.4 is 5.73 Å². The fourth-order valence-electron chi connectivity index (χ4n) is 2.73. The lowest BCUT2D eigenvalue weighted by atomic mass is 10.2. The molecular weight excluding hydrogens is 252 g/mol. The Morgan fingerprint density at radius 3 is 2.65 bits per heavy atom. The van der Waals surface area contributed by atoms with Gasteiger partial charge in [0.25, 0.3) is 0 Å². The SMILES string of the molecule is Cn1ncnc1CN1CCCN(CCCCCN)CC1. The number of nitrogens with two attached hydrogens (primary N) is 1. The molecule has 20 heavy (non-hydrogen) atoms. The number of nitrogens with zero attached hydrogens (tertiary/aromatic N) is 5. The molecule has 2 N–H and O–H groups in total. The van der Waals surface area contributed by atoms with E-state index in [0.717, 1.165) is 38.4 Å². The van der Waals surface area contributed by atoms with Gasteiger partial charge in [-0.15, -0.1) is 0 Å². The van der Waals surface area contributed by atoms with E-state index in [1.165, 1.54) is 38.9 Å². The Morgan fingerprint density at radius 2 is 1.90 bits per heavy atom. The monoisotopic (exact) mass is 280 g/mol. The van der Waals surface area contributed by atoms with Gasteiger partial charge >= 0.3 is 0 Å². The van der Waals surface area contributed by atoms with Gasteiger partial charge in [-0.1, -0.05) is 6.42 Å². The molecule has 0 aliphatic carbocycles. The van der Waals surface area contributed by atoms with Crippen LogP contribution >= 0.6 is 0 Å². The lowest BCUT2D eigenvalue weighted by Gasteiger charge is -2.21. The van der Waals surface area contributed by atoms with Gasteiger partial charge in [0, 0.05) is 20.1 Å². The second kappa shape index (κ2) is 8.34. The second-order valence-electron chi connectivity index (χ2n) is 5.62. The molecule has 0 bridgehead atoms. The molecule has 0 saturated carbocycles. The summed E-state index contributed by atoms with van der Waals surface area (Å²) in [5.74, 6) is 1.06. The van der Waals surface area contributed by atoms with Crippen LogP contribution in [-0.2, 0) is 13.6 Å². The standard InChI is InChI=1S/C14H28N6/c1-18-14(16-13-17-18)12-20-9-5-8-19(10-11-20)7-4-2-3-6-15/h13H,2-12,15H2,1H3. The van der Waals surface area contributed by atoms with Crippen molar-refractivity contribution in [1.82, 2.24) is 24.6 Å². The Kier molecular flexibility index (Phi) is 6.42. The van der Waals surface area contributed by atoms with Gasteiger partial charge in [-0.05, 0) is 45.4 Å². The highest BCUT2D eigenvalue weighted by Crippen LogP contribution is 2.08. The van der Waals surface area contributed by atoms with Crippen molar-refractivity contribution in [3.8, 4) is 0 Å². The zero-order valence-electron chi connectivity index (χ0n) is 12.7. The fraction of sp³-hybridized carbons (Fsp3) is 0.857. The van der Waals surface area contributed by atoms with E-state index in [0.29, 0.717) is 0 Å². The molecule has 1 aliphatic heterocycles. The quantitative estimate of drug-likeness (QED) is 0.735. The highest BCUT2D eigenvalue weighted by molar-refractivity contribution is 4.84. The van der Waals surface area contributed by atoms with Crippen molar-refractivity contribution >= 4 is 0 Å². The molecule has 2 rings (SSSR count). The van der Waals surface area contributed by atoms with Crippen LogP contribution in [0.3, 0.4) is 0 Å². The molecule has 1 fully saturated rings. The first-order valence-electron chi connectivity index (χ1n) is 7.77. The molecule has 0 radical (unpaired) electrons. The summed E-state index contributed by atoms with van der Waals surface area (Å²) in [6.45, 7) is 7.63. The van der Waals surface area contributed by atoms with Crippen LogP contribution in [0.25, 0.3) is 0 Å². The topological polar surface area (TPSA) is 63.2 Å². The number of unbranched alkanes of at least 4 members (excludes halogenated alkanes) is 2. The van der Waals surface area contributed by atoms with E-state index in [1.54, 1.807) is 6.33 Å². The number of hydrogen-bond acceptors (Lipinski definition) is 5. The summed E-state index contributed by atoms with van der Waals surface area (Å²) in [4.78, 5) is 9.39. The summed E-state index contributed by atoms with van der Waals surface area (Å²) in [6, 6.07) is 0. The third-order valence-electron chi connectivity index (χ3n) is 4.03. The molecule has 0 amide bonds. The normalized spacial score (nSPS) is 18.3. The van der Waals surface area contributed by atoms with Gasteiger partial charge in [-0.25, -0.2) is 4.98 Å². The summed E-state index contributed by atoms with van der Waals surface area (Å²) < 4.78 is 1.87. The minimum atomic E-state index is 0.825. The highest BCUT2D eigenvalue weighted by Gasteiger charge is 2.16. The lowest BCUT2D eigenvalue weighted by molar-refractivity contribution is 0.243. The summed E-state index contributed by atoms with van der Waals surface area (Å²) in [7, 11) is 1.96. The van der Waals surface area contributed by atoms with Crippen LogP contribution in [0.1, 0.15) is 31.5 Å². The van der Waals surface area contributed by atoms with Crippen molar-refractivity contribution in [2.75, 3.05) is 39.3 Å². The van der Waals surface area contributed by atoms with E-state index in [1.807, 2.05) is 11.7 Å². The van der Waals surface area contributed by atoms with Crippen LogP contribution in [0, 0.1) is 0 Å². The summed E-state index contributed by atoms with van der Waals surface area (Å²) in [5, 5.41) is 4.14. The molecule has 6 nitrogen and oxygen atoms in total. The first kappa shape index (κ1) is 15.4. The predicted octanol–water partition coefficient (Wildman–Crippen LogP) is 0.452. The van der Waals surface area contributed by atoms with Crippen LogP contribution in [0.15, 0.2) is 6.33 Å².